The molecule has 2 atom stereocenters. The molecular formula is C15H20BrNO2. The third-order valence-electron chi connectivity index (χ3n) is 3.22. The first kappa shape index (κ1) is 14.5. The van der Waals surface area contributed by atoms with E-state index in [1.165, 1.54) is 5.56 Å². The minimum Gasteiger partial charge on any atom is -0.460 e. The molecule has 1 N–H and O–H groups in total. The van der Waals surface area contributed by atoms with Crippen molar-refractivity contribution in [3.63, 3.8) is 0 Å². The molecular weight excluding hydrogens is 306 g/mol. The van der Waals surface area contributed by atoms with Crippen molar-refractivity contribution < 1.29 is 9.53 Å². The van der Waals surface area contributed by atoms with Crippen molar-refractivity contribution in [2.75, 3.05) is 13.1 Å². The highest BCUT2D eigenvalue weighted by Crippen LogP contribution is 2.30. The molecule has 104 valence electrons. The first-order valence-electron chi connectivity index (χ1n) is 6.56. The maximum atomic E-state index is 12.2. The fraction of sp³-hybridized carbons (Fsp3) is 0.533. The monoisotopic (exact) mass is 325 g/mol. The topological polar surface area (TPSA) is 38.3 Å². The molecule has 0 aromatic heterocycles. The molecule has 1 aliphatic heterocycles. The van der Waals surface area contributed by atoms with Crippen LogP contribution in [0.5, 0.6) is 0 Å². The molecule has 1 aromatic carbocycles. The van der Waals surface area contributed by atoms with E-state index >= 15 is 0 Å². The zero-order chi connectivity index (χ0) is 14.0. The molecule has 1 heterocycles. The smallest absolute Gasteiger partial charge is 0.311 e. The zero-order valence-electron chi connectivity index (χ0n) is 11.6. The third kappa shape index (κ3) is 3.80. The predicted molar refractivity (Wildman–Crippen MR) is 79.1 cm³/mol. The van der Waals surface area contributed by atoms with Crippen LogP contribution in [0.2, 0.25) is 0 Å². The Balaban J connectivity index is 2.12. The molecule has 19 heavy (non-hydrogen) atoms. The molecule has 0 spiro atoms. The summed E-state index contributed by atoms with van der Waals surface area (Å²) in [6, 6.07) is 8.16. The molecule has 0 bridgehead atoms. The van der Waals surface area contributed by atoms with E-state index < -0.39 is 5.60 Å². The van der Waals surface area contributed by atoms with Gasteiger partial charge in [-0.3, -0.25) is 4.79 Å². The van der Waals surface area contributed by atoms with Crippen molar-refractivity contribution in [1.82, 2.24) is 5.32 Å². The molecule has 0 amide bonds. The molecule has 0 aliphatic carbocycles. The number of nitrogens with one attached hydrogen (secondary N) is 1. The average Bonchev–Trinajstić information content (AvgIpc) is 2.76. The number of hydrogen-bond acceptors (Lipinski definition) is 3. The Morgan fingerprint density at radius 2 is 1.89 bits per heavy atom. The van der Waals surface area contributed by atoms with Gasteiger partial charge in [-0.05, 0) is 38.5 Å². The van der Waals surface area contributed by atoms with Crippen molar-refractivity contribution in [3.8, 4) is 0 Å². The number of hydrogen-bond donors (Lipinski definition) is 1. The standard InChI is InChI=1S/C15H20BrNO2/c1-15(2,3)19-14(18)13-9-17-8-12(13)10-4-6-11(16)7-5-10/h4-7,12-13,17H,8-9H2,1-3H3/t12-,13+/m0/s1. The van der Waals surface area contributed by atoms with E-state index in [0.29, 0.717) is 6.54 Å². The van der Waals surface area contributed by atoms with Gasteiger partial charge in [-0.2, -0.15) is 0 Å². The highest BCUT2D eigenvalue weighted by molar-refractivity contribution is 9.10. The minimum absolute atomic E-state index is 0.0969. The Morgan fingerprint density at radius 3 is 2.47 bits per heavy atom. The maximum Gasteiger partial charge on any atom is 0.311 e. The zero-order valence-corrected chi connectivity index (χ0v) is 13.2. The molecule has 1 fully saturated rings. The van der Waals surface area contributed by atoms with Crippen LogP contribution in [0.1, 0.15) is 32.3 Å². The number of carbonyl (C=O) groups excluding carboxylic acids is 1. The van der Waals surface area contributed by atoms with Crippen LogP contribution in [0, 0.1) is 5.92 Å². The van der Waals surface area contributed by atoms with Crippen LogP contribution in [-0.2, 0) is 9.53 Å². The number of halogens is 1. The fourth-order valence-corrected chi connectivity index (χ4v) is 2.63. The summed E-state index contributed by atoms with van der Waals surface area (Å²) in [5.41, 5.74) is 0.758. The SMILES string of the molecule is CC(C)(C)OC(=O)[C@@H]1CNC[C@H]1c1ccc(Br)cc1. The van der Waals surface area contributed by atoms with Crippen LogP contribution in [-0.4, -0.2) is 24.7 Å². The summed E-state index contributed by atoms with van der Waals surface area (Å²) in [6.07, 6.45) is 0. The summed E-state index contributed by atoms with van der Waals surface area (Å²) < 4.78 is 6.56. The fourth-order valence-electron chi connectivity index (χ4n) is 2.36. The van der Waals surface area contributed by atoms with E-state index in [1.807, 2.05) is 32.9 Å². The molecule has 1 aliphatic rings. The minimum atomic E-state index is -0.427. The van der Waals surface area contributed by atoms with E-state index in [4.69, 9.17) is 4.74 Å². The van der Waals surface area contributed by atoms with Gasteiger partial charge in [0.05, 0.1) is 5.92 Å². The Kier molecular flexibility index (Phi) is 4.31. The van der Waals surface area contributed by atoms with Gasteiger partial charge in [-0.1, -0.05) is 28.1 Å². The first-order chi connectivity index (χ1) is 8.87. The molecule has 4 heteroatoms. The van der Waals surface area contributed by atoms with Crippen molar-refractivity contribution in [2.24, 2.45) is 5.92 Å². The summed E-state index contributed by atoms with van der Waals surface area (Å²) in [7, 11) is 0. The van der Waals surface area contributed by atoms with Gasteiger partial charge in [0.1, 0.15) is 5.60 Å². The summed E-state index contributed by atoms with van der Waals surface area (Å²) in [5.74, 6) is -0.00577. The lowest BCUT2D eigenvalue weighted by Gasteiger charge is -2.24. The van der Waals surface area contributed by atoms with Gasteiger partial charge >= 0.3 is 5.97 Å². The Hall–Kier alpha value is -0.870. The van der Waals surface area contributed by atoms with Crippen LogP contribution in [0.15, 0.2) is 28.7 Å². The van der Waals surface area contributed by atoms with Crippen molar-refractivity contribution in [2.45, 2.75) is 32.3 Å². The predicted octanol–water partition coefficient (Wildman–Crippen LogP) is 3.09. The van der Waals surface area contributed by atoms with Gasteiger partial charge in [-0.25, -0.2) is 0 Å². The largest absolute Gasteiger partial charge is 0.460 e. The van der Waals surface area contributed by atoms with Crippen LogP contribution in [0.4, 0.5) is 0 Å². The van der Waals surface area contributed by atoms with Gasteiger partial charge < -0.3 is 10.1 Å². The van der Waals surface area contributed by atoms with Crippen molar-refractivity contribution in [3.05, 3.63) is 34.3 Å². The molecule has 2 rings (SSSR count). The van der Waals surface area contributed by atoms with Crippen LogP contribution in [0.3, 0.4) is 0 Å². The number of carbonyl (C=O) groups is 1. The van der Waals surface area contributed by atoms with Gasteiger partial charge in [0.2, 0.25) is 0 Å². The highest BCUT2D eigenvalue weighted by atomic mass is 79.9. The van der Waals surface area contributed by atoms with Crippen LogP contribution in [0.25, 0.3) is 0 Å². The molecule has 0 unspecified atom stereocenters. The molecule has 0 radical (unpaired) electrons. The Labute approximate surface area is 122 Å². The molecule has 1 aromatic rings. The van der Waals surface area contributed by atoms with Gasteiger partial charge in [-0.15, -0.1) is 0 Å². The maximum absolute atomic E-state index is 12.2. The van der Waals surface area contributed by atoms with E-state index in [2.05, 4.69) is 33.4 Å². The summed E-state index contributed by atoms with van der Waals surface area (Å²) in [6.45, 7) is 7.23. The Bertz CT molecular complexity index is 450. The Morgan fingerprint density at radius 1 is 1.26 bits per heavy atom. The second-order valence-electron chi connectivity index (χ2n) is 5.96. The van der Waals surface area contributed by atoms with Gasteiger partial charge in [0, 0.05) is 23.5 Å². The van der Waals surface area contributed by atoms with E-state index in [1.54, 1.807) is 0 Å². The van der Waals surface area contributed by atoms with Crippen LogP contribution >= 0.6 is 15.9 Å². The van der Waals surface area contributed by atoms with Crippen molar-refractivity contribution >= 4 is 21.9 Å². The lowest BCUT2D eigenvalue weighted by atomic mass is 9.89. The van der Waals surface area contributed by atoms with Crippen molar-refractivity contribution in [1.29, 1.82) is 0 Å². The molecule has 0 saturated carbocycles. The third-order valence-corrected chi connectivity index (χ3v) is 3.75. The normalized spacial score (nSPS) is 23.4. The molecule has 3 nitrogen and oxygen atoms in total. The van der Waals surface area contributed by atoms with E-state index in [-0.39, 0.29) is 17.8 Å². The number of rotatable bonds is 2. The van der Waals surface area contributed by atoms with E-state index in [9.17, 15) is 4.79 Å². The highest BCUT2D eigenvalue weighted by Gasteiger charge is 2.36. The number of esters is 1. The van der Waals surface area contributed by atoms with Crippen LogP contribution < -0.4 is 5.32 Å². The first-order valence-corrected chi connectivity index (χ1v) is 7.35. The van der Waals surface area contributed by atoms with Gasteiger partial charge in [0.25, 0.3) is 0 Å². The molecule has 1 saturated heterocycles. The lowest BCUT2D eigenvalue weighted by molar-refractivity contribution is -0.159. The average molecular weight is 326 g/mol. The summed E-state index contributed by atoms with van der Waals surface area (Å²) in [5, 5.41) is 3.29. The quantitative estimate of drug-likeness (QED) is 0.849. The summed E-state index contributed by atoms with van der Waals surface area (Å²) in [4.78, 5) is 12.2. The number of ether oxygens (including phenoxy) is 1. The second kappa shape index (κ2) is 5.63. The van der Waals surface area contributed by atoms with E-state index in [0.717, 1.165) is 11.0 Å². The summed E-state index contributed by atoms with van der Waals surface area (Å²) >= 11 is 3.43. The van der Waals surface area contributed by atoms with Gasteiger partial charge in [0.15, 0.2) is 0 Å². The number of benzene rings is 1. The second-order valence-corrected chi connectivity index (χ2v) is 6.87. The lowest BCUT2D eigenvalue weighted by Crippen LogP contribution is -2.31.